The van der Waals surface area contributed by atoms with E-state index in [0.717, 1.165) is 23.8 Å². The molecule has 0 saturated heterocycles. The fourth-order valence-electron chi connectivity index (χ4n) is 3.52. The van der Waals surface area contributed by atoms with Gasteiger partial charge in [0.25, 0.3) is 0 Å². The van der Waals surface area contributed by atoms with Crippen LogP contribution in [0.5, 0.6) is 0 Å². The third-order valence-corrected chi connectivity index (χ3v) is 5.96. The van der Waals surface area contributed by atoms with Gasteiger partial charge in [0.05, 0.1) is 21.3 Å². The molecule has 1 atom stereocenters. The Balaban J connectivity index is 1.41. The molecule has 14 heteroatoms. The van der Waals surface area contributed by atoms with Crippen LogP contribution < -0.4 is 5.32 Å². The number of hydrogen-bond acceptors (Lipinski definition) is 7. The summed E-state index contributed by atoms with van der Waals surface area (Å²) in [6.45, 7) is 0.0587. The Hall–Kier alpha value is -3.19. The number of amides is 2. The van der Waals surface area contributed by atoms with E-state index >= 15 is 0 Å². The molecule has 3 N–H and O–H groups in total. The summed E-state index contributed by atoms with van der Waals surface area (Å²) in [6, 6.07) is 4.00. The molecule has 0 aliphatic carbocycles. The SMILES string of the molecule is O=C(Nc1ccc(C(F)(F)F)c(Cl)c1)N1CC=C(c2ncc(C(O)c3nnc(CO)o3)cc2Cl)CC1. The van der Waals surface area contributed by atoms with E-state index in [2.05, 4.69) is 20.5 Å². The molecule has 190 valence electrons. The van der Waals surface area contributed by atoms with Gasteiger partial charge in [-0.1, -0.05) is 29.3 Å². The van der Waals surface area contributed by atoms with Gasteiger partial charge in [-0.3, -0.25) is 4.98 Å². The Morgan fingerprint density at radius 1 is 1.22 bits per heavy atom. The van der Waals surface area contributed by atoms with Gasteiger partial charge < -0.3 is 24.8 Å². The molecular formula is C22H18Cl2F3N5O4. The van der Waals surface area contributed by atoms with Crippen molar-refractivity contribution in [2.24, 2.45) is 0 Å². The Kier molecular flexibility index (Phi) is 7.50. The van der Waals surface area contributed by atoms with Crippen molar-refractivity contribution in [2.75, 3.05) is 18.4 Å². The van der Waals surface area contributed by atoms with Crippen LogP contribution >= 0.6 is 23.2 Å². The molecule has 1 aromatic carbocycles. The van der Waals surface area contributed by atoms with Gasteiger partial charge >= 0.3 is 12.2 Å². The van der Waals surface area contributed by atoms with Crippen molar-refractivity contribution < 1.29 is 32.6 Å². The summed E-state index contributed by atoms with van der Waals surface area (Å²) >= 11 is 12.1. The second-order valence-electron chi connectivity index (χ2n) is 7.74. The molecule has 2 aromatic heterocycles. The van der Waals surface area contributed by atoms with E-state index < -0.39 is 35.5 Å². The molecule has 1 unspecified atom stereocenters. The third-order valence-electron chi connectivity index (χ3n) is 5.36. The normalized spacial score (nSPS) is 15.0. The smallest absolute Gasteiger partial charge is 0.417 e. The maximum atomic E-state index is 12.9. The summed E-state index contributed by atoms with van der Waals surface area (Å²) < 4.78 is 43.7. The zero-order chi connectivity index (χ0) is 26.0. The minimum Gasteiger partial charge on any atom is -0.420 e. The van der Waals surface area contributed by atoms with Gasteiger partial charge in [0.15, 0.2) is 6.10 Å². The molecule has 3 aromatic rings. The molecule has 0 spiro atoms. The first-order valence-corrected chi connectivity index (χ1v) is 11.2. The van der Waals surface area contributed by atoms with Gasteiger partial charge in [0, 0.05) is 30.5 Å². The molecular weight excluding hydrogens is 526 g/mol. The summed E-state index contributed by atoms with van der Waals surface area (Å²) in [5, 5.41) is 29.0. The largest absolute Gasteiger partial charge is 0.420 e. The molecule has 0 bridgehead atoms. The molecule has 36 heavy (non-hydrogen) atoms. The number of carbonyl (C=O) groups excluding carboxylic acids is 1. The second-order valence-corrected chi connectivity index (χ2v) is 8.56. The highest BCUT2D eigenvalue weighted by Gasteiger charge is 2.33. The van der Waals surface area contributed by atoms with E-state index in [4.69, 9.17) is 32.7 Å². The first-order chi connectivity index (χ1) is 17.1. The highest BCUT2D eigenvalue weighted by molar-refractivity contribution is 6.32. The maximum Gasteiger partial charge on any atom is 0.417 e. The van der Waals surface area contributed by atoms with E-state index in [-0.39, 0.29) is 29.0 Å². The zero-order valence-electron chi connectivity index (χ0n) is 18.3. The maximum absolute atomic E-state index is 12.9. The predicted octanol–water partition coefficient (Wildman–Crippen LogP) is 4.69. The van der Waals surface area contributed by atoms with Crippen LogP contribution in [-0.4, -0.2) is 49.4 Å². The highest BCUT2D eigenvalue weighted by Crippen LogP contribution is 2.36. The number of benzene rings is 1. The fourth-order valence-corrected chi connectivity index (χ4v) is 4.10. The Bertz CT molecular complexity index is 1320. The lowest BCUT2D eigenvalue weighted by Gasteiger charge is -2.27. The molecule has 1 aliphatic heterocycles. The number of nitrogens with zero attached hydrogens (tertiary/aromatic N) is 4. The lowest BCUT2D eigenvalue weighted by molar-refractivity contribution is -0.137. The standard InChI is InChI=1S/C22H18Cl2F3N5O4/c23-15-8-13(1-2-14(15)22(25,26)27)29-21(35)32-5-3-11(4-6-32)18-16(24)7-12(9-28-18)19(34)20-31-30-17(10-33)36-20/h1-3,7-9,19,33-34H,4-6,10H2,(H,29,35). The zero-order valence-corrected chi connectivity index (χ0v) is 19.8. The number of aromatic nitrogens is 3. The molecule has 3 heterocycles. The van der Waals surface area contributed by atoms with E-state index in [0.29, 0.717) is 24.2 Å². The quantitative estimate of drug-likeness (QED) is 0.426. The van der Waals surface area contributed by atoms with Crippen molar-refractivity contribution >= 4 is 40.5 Å². The van der Waals surface area contributed by atoms with Gasteiger partial charge in [0.2, 0.25) is 11.8 Å². The van der Waals surface area contributed by atoms with Crippen molar-refractivity contribution in [2.45, 2.75) is 25.3 Å². The molecule has 9 nitrogen and oxygen atoms in total. The number of urea groups is 1. The molecule has 0 radical (unpaired) electrons. The van der Waals surface area contributed by atoms with Crippen molar-refractivity contribution in [1.29, 1.82) is 0 Å². The van der Waals surface area contributed by atoms with Crippen LogP contribution in [0.3, 0.4) is 0 Å². The first-order valence-electron chi connectivity index (χ1n) is 10.5. The minimum absolute atomic E-state index is 0.0397. The topological polar surface area (TPSA) is 125 Å². The van der Waals surface area contributed by atoms with Crippen LogP contribution in [-0.2, 0) is 12.8 Å². The molecule has 0 saturated carbocycles. The van der Waals surface area contributed by atoms with Crippen LogP contribution in [0.1, 0.15) is 41.1 Å². The van der Waals surface area contributed by atoms with Crippen molar-refractivity contribution in [1.82, 2.24) is 20.1 Å². The number of rotatable bonds is 5. The first kappa shape index (κ1) is 25.9. The average molecular weight is 544 g/mol. The van der Waals surface area contributed by atoms with Crippen LogP contribution in [0, 0.1) is 0 Å². The number of halogens is 5. The van der Waals surface area contributed by atoms with Crippen LogP contribution in [0.2, 0.25) is 10.0 Å². The highest BCUT2D eigenvalue weighted by atomic mass is 35.5. The number of alkyl halides is 3. The molecule has 1 aliphatic rings. The number of aliphatic hydroxyl groups excluding tert-OH is 2. The summed E-state index contributed by atoms with van der Waals surface area (Å²) in [5.74, 6) is -0.153. The Morgan fingerprint density at radius 3 is 2.58 bits per heavy atom. The van der Waals surface area contributed by atoms with Crippen molar-refractivity contribution in [3.05, 3.63) is 75.2 Å². The summed E-state index contributed by atoms with van der Waals surface area (Å²) in [4.78, 5) is 18.4. The molecule has 2 amide bonds. The summed E-state index contributed by atoms with van der Waals surface area (Å²) in [7, 11) is 0. The number of pyridine rings is 1. The summed E-state index contributed by atoms with van der Waals surface area (Å²) in [5.41, 5.74) is 0.720. The fraction of sp³-hybridized carbons (Fsp3) is 0.273. The van der Waals surface area contributed by atoms with E-state index in [1.807, 2.05) is 0 Å². The van der Waals surface area contributed by atoms with Gasteiger partial charge in [-0.05, 0) is 36.3 Å². The van der Waals surface area contributed by atoms with E-state index in [1.165, 1.54) is 17.2 Å². The van der Waals surface area contributed by atoms with Crippen molar-refractivity contribution in [3.63, 3.8) is 0 Å². The lowest BCUT2D eigenvalue weighted by Crippen LogP contribution is -2.38. The number of nitrogens with one attached hydrogen (secondary N) is 1. The number of anilines is 1. The van der Waals surface area contributed by atoms with Crippen LogP contribution in [0.4, 0.5) is 23.7 Å². The number of carbonyl (C=O) groups is 1. The lowest BCUT2D eigenvalue weighted by atomic mass is 10.0. The van der Waals surface area contributed by atoms with Crippen molar-refractivity contribution in [3.8, 4) is 0 Å². The average Bonchev–Trinajstić information content (AvgIpc) is 3.32. The number of hydrogen-bond donors (Lipinski definition) is 3. The van der Waals surface area contributed by atoms with Gasteiger partial charge in [0.1, 0.15) is 6.61 Å². The van der Waals surface area contributed by atoms with Gasteiger partial charge in [-0.2, -0.15) is 13.2 Å². The molecule has 0 fully saturated rings. The summed E-state index contributed by atoms with van der Waals surface area (Å²) in [6.07, 6.45) is -2.29. The van der Waals surface area contributed by atoms with E-state index in [9.17, 15) is 23.1 Å². The minimum atomic E-state index is -4.59. The van der Waals surface area contributed by atoms with Gasteiger partial charge in [-0.15, -0.1) is 10.2 Å². The second kappa shape index (κ2) is 10.4. The van der Waals surface area contributed by atoms with Gasteiger partial charge in [-0.25, -0.2) is 4.79 Å². The predicted molar refractivity (Wildman–Crippen MR) is 123 cm³/mol. The monoisotopic (exact) mass is 543 g/mol. The third kappa shape index (κ3) is 5.62. The molecule has 4 rings (SSSR count). The number of aliphatic hydroxyl groups is 2. The Labute approximate surface area is 212 Å². The van der Waals surface area contributed by atoms with Crippen LogP contribution in [0.25, 0.3) is 5.57 Å². The Morgan fingerprint density at radius 2 is 2.00 bits per heavy atom. The van der Waals surface area contributed by atoms with E-state index in [1.54, 1.807) is 6.08 Å². The van der Waals surface area contributed by atoms with Crippen LogP contribution in [0.15, 0.2) is 41.0 Å².